The molecule has 0 saturated heterocycles. The summed E-state index contributed by atoms with van der Waals surface area (Å²) in [7, 11) is 1.51. The summed E-state index contributed by atoms with van der Waals surface area (Å²) in [5, 5.41) is 9.04. The van der Waals surface area contributed by atoms with E-state index in [1.165, 1.54) is 7.11 Å². The number of nitrogens with zero attached hydrogens (tertiary/aromatic N) is 1. The van der Waals surface area contributed by atoms with Gasteiger partial charge in [0.15, 0.2) is 0 Å². The van der Waals surface area contributed by atoms with Crippen molar-refractivity contribution in [3.63, 3.8) is 0 Å². The van der Waals surface area contributed by atoms with Crippen LogP contribution in [0, 0.1) is 11.3 Å². The molecule has 0 heterocycles. The zero-order valence-electron chi connectivity index (χ0n) is 11.5. The van der Waals surface area contributed by atoms with Gasteiger partial charge in [0.1, 0.15) is 24.2 Å². The first-order valence-electron chi connectivity index (χ1n) is 6.24. The average molecular weight is 282 g/mol. The number of primary amides is 1. The first-order chi connectivity index (χ1) is 10.2. The Kier molecular flexibility index (Phi) is 4.42. The number of para-hydroxylation sites is 1. The standard InChI is InChI=1S/C16H14N2O3/c1-20-14-7-6-11(8-12(14)9-17)10-21-15-5-3-2-4-13(15)16(18)19/h2-8H,10H2,1H3,(H2,18,19). The van der Waals surface area contributed by atoms with Gasteiger partial charge in [-0.25, -0.2) is 0 Å². The molecular weight excluding hydrogens is 268 g/mol. The molecule has 5 heteroatoms. The lowest BCUT2D eigenvalue weighted by Crippen LogP contribution is -2.12. The minimum absolute atomic E-state index is 0.225. The molecule has 0 aliphatic carbocycles. The Morgan fingerprint density at radius 2 is 2.00 bits per heavy atom. The number of benzene rings is 2. The van der Waals surface area contributed by atoms with Crippen molar-refractivity contribution in [2.75, 3.05) is 7.11 Å². The van der Waals surface area contributed by atoms with E-state index in [-0.39, 0.29) is 6.61 Å². The van der Waals surface area contributed by atoms with Crippen molar-refractivity contribution in [2.45, 2.75) is 6.61 Å². The highest BCUT2D eigenvalue weighted by Crippen LogP contribution is 2.22. The number of carbonyl (C=O) groups excluding carboxylic acids is 1. The van der Waals surface area contributed by atoms with E-state index < -0.39 is 5.91 Å². The van der Waals surface area contributed by atoms with Crippen molar-refractivity contribution in [1.29, 1.82) is 5.26 Å². The summed E-state index contributed by atoms with van der Waals surface area (Å²) in [4.78, 5) is 11.3. The molecule has 106 valence electrons. The van der Waals surface area contributed by atoms with Crippen LogP contribution in [-0.2, 0) is 6.61 Å². The summed E-state index contributed by atoms with van der Waals surface area (Å²) in [6.07, 6.45) is 0. The molecule has 0 bridgehead atoms. The molecule has 0 saturated carbocycles. The molecule has 21 heavy (non-hydrogen) atoms. The molecule has 5 nitrogen and oxygen atoms in total. The smallest absolute Gasteiger partial charge is 0.252 e. The maximum Gasteiger partial charge on any atom is 0.252 e. The average Bonchev–Trinajstić information content (AvgIpc) is 2.52. The minimum atomic E-state index is -0.543. The molecule has 2 aromatic rings. The number of ether oxygens (including phenoxy) is 2. The van der Waals surface area contributed by atoms with Crippen molar-refractivity contribution in [3.05, 3.63) is 59.2 Å². The third-order valence-corrected chi connectivity index (χ3v) is 2.93. The molecule has 0 atom stereocenters. The number of hydrogen-bond donors (Lipinski definition) is 1. The molecule has 0 radical (unpaired) electrons. The number of carbonyl (C=O) groups is 1. The van der Waals surface area contributed by atoms with Crippen LogP contribution in [0.25, 0.3) is 0 Å². The van der Waals surface area contributed by atoms with Crippen LogP contribution < -0.4 is 15.2 Å². The van der Waals surface area contributed by atoms with E-state index in [9.17, 15) is 4.79 Å². The molecule has 0 fully saturated rings. The first kappa shape index (κ1) is 14.4. The Labute approximate surface area is 122 Å². The number of hydrogen-bond acceptors (Lipinski definition) is 4. The second kappa shape index (κ2) is 6.44. The molecule has 1 amide bonds. The Bertz CT molecular complexity index is 705. The maximum atomic E-state index is 11.3. The second-order valence-corrected chi connectivity index (χ2v) is 4.30. The fourth-order valence-electron chi connectivity index (χ4n) is 1.89. The lowest BCUT2D eigenvalue weighted by molar-refractivity contribution is 0.0996. The molecule has 0 spiro atoms. The van der Waals surface area contributed by atoms with Crippen molar-refractivity contribution >= 4 is 5.91 Å². The van der Waals surface area contributed by atoms with Gasteiger partial charge in [0, 0.05) is 0 Å². The summed E-state index contributed by atoms with van der Waals surface area (Å²) in [6.45, 7) is 0.225. The Morgan fingerprint density at radius 3 is 2.67 bits per heavy atom. The summed E-state index contributed by atoms with van der Waals surface area (Å²) >= 11 is 0. The zero-order valence-corrected chi connectivity index (χ0v) is 11.5. The molecular formula is C16H14N2O3. The Morgan fingerprint density at radius 1 is 1.24 bits per heavy atom. The van der Waals surface area contributed by atoms with Crippen LogP contribution >= 0.6 is 0 Å². The van der Waals surface area contributed by atoms with Gasteiger partial charge >= 0.3 is 0 Å². The molecule has 0 aromatic heterocycles. The third-order valence-electron chi connectivity index (χ3n) is 2.93. The van der Waals surface area contributed by atoms with Gasteiger partial charge in [-0.15, -0.1) is 0 Å². The van der Waals surface area contributed by atoms with E-state index in [1.807, 2.05) is 0 Å². The van der Waals surface area contributed by atoms with E-state index in [1.54, 1.807) is 42.5 Å². The van der Waals surface area contributed by atoms with Gasteiger partial charge < -0.3 is 15.2 Å². The molecule has 2 aromatic carbocycles. The zero-order chi connectivity index (χ0) is 15.2. The number of nitriles is 1. The highest BCUT2D eigenvalue weighted by Gasteiger charge is 2.09. The number of nitrogens with two attached hydrogens (primary N) is 1. The number of rotatable bonds is 5. The van der Waals surface area contributed by atoms with Crippen LogP contribution in [-0.4, -0.2) is 13.0 Å². The van der Waals surface area contributed by atoms with Crippen molar-refractivity contribution in [2.24, 2.45) is 5.73 Å². The molecule has 2 N–H and O–H groups in total. The van der Waals surface area contributed by atoms with E-state index in [4.69, 9.17) is 20.5 Å². The highest BCUT2D eigenvalue weighted by atomic mass is 16.5. The first-order valence-corrected chi connectivity index (χ1v) is 6.24. The lowest BCUT2D eigenvalue weighted by atomic mass is 10.1. The summed E-state index contributed by atoms with van der Waals surface area (Å²) in [6, 6.07) is 14.0. The van der Waals surface area contributed by atoms with Crippen LogP contribution in [0.2, 0.25) is 0 Å². The van der Waals surface area contributed by atoms with E-state index in [2.05, 4.69) is 6.07 Å². The van der Waals surface area contributed by atoms with E-state index >= 15 is 0 Å². The summed E-state index contributed by atoms with van der Waals surface area (Å²) < 4.78 is 10.7. The normalized spacial score (nSPS) is 9.71. The van der Waals surface area contributed by atoms with E-state index in [0.29, 0.717) is 22.6 Å². The van der Waals surface area contributed by atoms with Crippen molar-refractivity contribution in [3.8, 4) is 17.6 Å². The monoisotopic (exact) mass is 282 g/mol. The van der Waals surface area contributed by atoms with Gasteiger partial charge in [0.2, 0.25) is 0 Å². The van der Waals surface area contributed by atoms with Gasteiger partial charge in [-0.2, -0.15) is 5.26 Å². The summed E-state index contributed by atoms with van der Waals surface area (Å²) in [5.41, 5.74) is 6.84. The van der Waals surface area contributed by atoms with Crippen LogP contribution in [0.3, 0.4) is 0 Å². The predicted molar refractivity (Wildman–Crippen MR) is 77.0 cm³/mol. The quantitative estimate of drug-likeness (QED) is 0.911. The third kappa shape index (κ3) is 3.31. The van der Waals surface area contributed by atoms with Crippen LogP contribution in [0.4, 0.5) is 0 Å². The topological polar surface area (TPSA) is 85.3 Å². The molecule has 0 aliphatic rings. The minimum Gasteiger partial charge on any atom is -0.495 e. The van der Waals surface area contributed by atoms with Crippen LogP contribution in [0.5, 0.6) is 11.5 Å². The van der Waals surface area contributed by atoms with E-state index in [0.717, 1.165) is 5.56 Å². The molecule has 0 unspecified atom stereocenters. The lowest BCUT2D eigenvalue weighted by Gasteiger charge is -2.10. The molecule has 0 aliphatic heterocycles. The van der Waals surface area contributed by atoms with Crippen molar-refractivity contribution < 1.29 is 14.3 Å². The fraction of sp³-hybridized carbons (Fsp3) is 0.125. The maximum absolute atomic E-state index is 11.3. The SMILES string of the molecule is COc1ccc(COc2ccccc2C(N)=O)cc1C#N. The Hall–Kier alpha value is -3.00. The largest absolute Gasteiger partial charge is 0.495 e. The highest BCUT2D eigenvalue weighted by molar-refractivity contribution is 5.95. The van der Waals surface area contributed by atoms with Gasteiger partial charge in [0.05, 0.1) is 18.2 Å². The van der Waals surface area contributed by atoms with Gasteiger partial charge in [-0.3, -0.25) is 4.79 Å². The number of methoxy groups -OCH3 is 1. The van der Waals surface area contributed by atoms with Crippen LogP contribution in [0.15, 0.2) is 42.5 Å². The Balaban J connectivity index is 2.18. The van der Waals surface area contributed by atoms with Gasteiger partial charge in [0.25, 0.3) is 5.91 Å². The predicted octanol–water partition coefficient (Wildman–Crippen LogP) is 2.24. The van der Waals surface area contributed by atoms with Gasteiger partial charge in [-0.1, -0.05) is 18.2 Å². The summed E-state index contributed by atoms with van der Waals surface area (Å²) in [5.74, 6) is 0.385. The van der Waals surface area contributed by atoms with Crippen molar-refractivity contribution in [1.82, 2.24) is 0 Å². The molecule has 2 rings (SSSR count). The van der Waals surface area contributed by atoms with Gasteiger partial charge in [-0.05, 0) is 29.8 Å². The second-order valence-electron chi connectivity index (χ2n) is 4.30. The fourth-order valence-corrected chi connectivity index (χ4v) is 1.89. The number of amides is 1. The van der Waals surface area contributed by atoms with Crippen LogP contribution in [0.1, 0.15) is 21.5 Å².